The Labute approximate surface area is 184 Å². The van der Waals surface area contributed by atoms with E-state index in [1.165, 1.54) is 0 Å². The Morgan fingerprint density at radius 2 is 1.28 bits per heavy atom. The standard InChI is InChI=1S/C24H21N3O5/c25-21(26-31-23(29)18-12-6-2-7-13-18)20(16-17-10-4-1-5-11-17)22(28)27-32-24(30)19-14-8-3-9-15-19/h1-15,20H,16H2,(H2,25,26)(H,27,28)/t20-/m0/s1. The zero-order valence-electron chi connectivity index (χ0n) is 17.0. The molecule has 3 aromatic rings. The second kappa shape index (κ2) is 11.1. The summed E-state index contributed by atoms with van der Waals surface area (Å²) in [5.41, 5.74) is 9.43. The Morgan fingerprint density at radius 3 is 1.84 bits per heavy atom. The summed E-state index contributed by atoms with van der Waals surface area (Å²) >= 11 is 0. The Bertz CT molecular complexity index is 1090. The van der Waals surface area contributed by atoms with E-state index in [0.717, 1.165) is 5.56 Å². The van der Waals surface area contributed by atoms with Gasteiger partial charge in [0.05, 0.1) is 11.1 Å². The highest BCUT2D eigenvalue weighted by molar-refractivity contribution is 6.03. The van der Waals surface area contributed by atoms with Gasteiger partial charge in [-0.3, -0.25) is 4.79 Å². The smallest absolute Gasteiger partial charge is 0.365 e. The molecular weight excluding hydrogens is 410 g/mol. The summed E-state index contributed by atoms with van der Waals surface area (Å²) in [6, 6.07) is 25.5. The van der Waals surface area contributed by atoms with Gasteiger partial charge in [-0.25, -0.2) is 9.59 Å². The maximum absolute atomic E-state index is 12.7. The SMILES string of the molecule is NC(=NOC(=O)c1ccccc1)[C@H](Cc1ccccc1)C(=O)NOC(=O)c1ccccc1. The number of hydrogen-bond acceptors (Lipinski definition) is 6. The van der Waals surface area contributed by atoms with Crippen LogP contribution in [0.25, 0.3) is 0 Å². The van der Waals surface area contributed by atoms with Crippen LogP contribution in [-0.2, 0) is 20.9 Å². The van der Waals surface area contributed by atoms with E-state index >= 15 is 0 Å². The molecule has 3 rings (SSSR count). The highest BCUT2D eigenvalue weighted by Crippen LogP contribution is 2.11. The van der Waals surface area contributed by atoms with Crippen LogP contribution in [-0.4, -0.2) is 23.7 Å². The second-order valence-electron chi connectivity index (χ2n) is 6.73. The van der Waals surface area contributed by atoms with E-state index in [4.69, 9.17) is 15.4 Å². The van der Waals surface area contributed by atoms with Crippen molar-refractivity contribution in [1.82, 2.24) is 5.48 Å². The molecule has 0 saturated heterocycles. The predicted octanol–water partition coefficient (Wildman–Crippen LogP) is 2.86. The van der Waals surface area contributed by atoms with Gasteiger partial charge in [0.1, 0.15) is 5.92 Å². The third-order valence-electron chi connectivity index (χ3n) is 4.45. The van der Waals surface area contributed by atoms with Crippen molar-refractivity contribution < 1.29 is 24.1 Å². The van der Waals surface area contributed by atoms with Gasteiger partial charge in [0, 0.05) is 0 Å². The van der Waals surface area contributed by atoms with Crippen LogP contribution >= 0.6 is 0 Å². The fourth-order valence-electron chi connectivity index (χ4n) is 2.77. The van der Waals surface area contributed by atoms with Crippen molar-refractivity contribution in [2.75, 3.05) is 0 Å². The number of nitrogens with two attached hydrogens (primary N) is 1. The lowest BCUT2D eigenvalue weighted by molar-refractivity contribution is -0.132. The fourth-order valence-corrected chi connectivity index (χ4v) is 2.77. The molecule has 0 radical (unpaired) electrons. The number of carbonyl (C=O) groups is 3. The summed E-state index contributed by atoms with van der Waals surface area (Å²) < 4.78 is 0. The van der Waals surface area contributed by atoms with Crippen LogP contribution in [0.15, 0.2) is 96.2 Å². The summed E-state index contributed by atoms with van der Waals surface area (Å²) in [6.45, 7) is 0. The number of hydrogen-bond donors (Lipinski definition) is 2. The maximum atomic E-state index is 12.7. The number of carbonyl (C=O) groups excluding carboxylic acids is 3. The molecule has 0 aliphatic carbocycles. The van der Waals surface area contributed by atoms with Crippen LogP contribution in [0.4, 0.5) is 0 Å². The summed E-state index contributed by atoms with van der Waals surface area (Å²) in [4.78, 5) is 46.8. The van der Waals surface area contributed by atoms with Crippen LogP contribution in [0.3, 0.4) is 0 Å². The minimum Gasteiger partial charge on any atom is -0.384 e. The van der Waals surface area contributed by atoms with E-state index in [9.17, 15) is 14.4 Å². The van der Waals surface area contributed by atoms with E-state index in [1.54, 1.807) is 72.8 Å². The lowest BCUT2D eigenvalue weighted by Gasteiger charge is -2.15. The topological polar surface area (TPSA) is 120 Å². The van der Waals surface area contributed by atoms with Gasteiger partial charge in [0.25, 0.3) is 5.91 Å². The molecule has 3 aromatic carbocycles. The number of hydroxylamine groups is 1. The predicted molar refractivity (Wildman–Crippen MR) is 117 cm³/mol. The number of nitrogens with one attached hydrogen (secondary N) is 1. The molecule has 8 heteroatoms. The minimum absolute atomic E-state index is 0.147. The zero-order chi connectivity index (χ0) is 22.8. The monoisotopic (exact) mass is 431 g/mol. The van der Waals surface area contributed by atoms with Gasteiger partial charge in [-0.2, -0.15) is 5.48 Å². The molecule has 32 heavy (non-hydrogen) atoms. The lowest BCUT2D eigenvalue weighted by Crippen LogP contribution is -2.41. The number of benzene rings is 3. The molecule has 1 atom stereocenters. The molecule has 0 saturated carbocycles. The van der Waals surface area contributed by atoms with Crippen molar-refractivity contribution in [3.05, 3.63) is 108 Å². The van der Waals surface area contributed by atoms with Crippen molar-refractivity contribution >= 4 is 23.7 Å². The fraction of sp³-hybridized carbons (Fsp3) is 0.0833. The van der Waals surface area contributed by atoms with Crippen molar-refractivity contribution in [3.8, 4) is 0 Å². The summed E-state index contributed by atoms with van der Waals surface area (Å²) in [5, 5.41) is 3.65. The largest absolute Gasteiger partial charge is 0.384 e. The molecule has 1 amide bonds. The van der Waals surface area contributed by atoms with Crippen LogP contribution in [0, 0.1) is 5.92 Å². The first kappa shape index (κ1) is 22.2. The van der Waals surface area contributed by atoms with Crippen molar-refractivity contribution in [1.29, 1.82) is 0 Å². The van der Waals surface area contributed by atoms with Gasteiger partial charge in [0.15, 0.2) is 5.84 Å². The first-order valence-corrected chi connectivity index (χ1v) is 9.74. The number of amidine groups is 1. The van der Waals surface area contributed by atoms with Gasteiger partial charge in [-0.05, 0) is 36.2 Å². The number of nitrogens with zero attached hydrogens (tertiary/aromatic N) is 1. The van der Waals surface area contributed by atoms with Gasteiger partial charge in [-0.1, -0.05) is 71.9 Å². The first-order valence-electron chi connectivity index (χ1n) is 9.74. The Balaban J connectivity index is 1.71. The molecule has 0 unspecified atom stereocenters. The van der Waals surface area contributed by atoms with Crippen LogP contribution in [0.5, 0.6) is 0 Å². The summed E-state index contributed by atoms with van der Waals surface area (Å²) in [5.74, 6) is -3.46. The summed E-state index contributed by atoms with van der Waals surface area (Å²) in [6.07, 6.45) is 0.147. The number of amides is 1. The van der Waals surface area contributed by atoms with Crippen LogP contribution in [0.1, 0.15) is 26.3 Å². The molecule has 0 aromatic heterocycles. The van der Waals surface area contributed by atoms with Gasteiger partial charge < -0.3 is 15.4 Å². The van der Waals surface area contributed by atoms with E-state index in [2.05, 4.69) is 10.6 Å². The molecule has 0 spiro atoms. The molecule has 0 aliphatic heterocycles. The normalized spacial score (nSPS) is 11.8. The number of rotatable bonds is 7. The molecule has 3 N–H and O–H groups in total. The van der Waals surface area contributed by atoms with Crippen molar-refractivity contribution in [2.24, 2.45) is 16.8 Å². The highest BCUT2D eigenvalue weighted by Gasteiger charge is 2.26. The number of oxime groups is 1. The van der Waals surface area contributed by atoms with Crippen molar-refractivity contribution in [3.63, 3.8) is 0 Å². The van der Waals surface area contributed by atoms with Crippen molar-refractivity contribution in [2.45, 2.75) is 6.42 Å². The molecular formula is C24H21N3O5. The molecule has 0 bridgehead atoms. The maximum Gasteiger partial charge on any atom is 0.365 e. The van der Waals surface area contributed by atoms with Gasteiger partial charge in [0.2, 0.25) is 0 Å². The van der Waals surface area contributed by atoms with E-state index < -0.39 is 23.8 Å². The molecule has 0 fully saturated rings. The Morgan fingerprint density at radius 1 is 0.781 bits per heavy atom. The summed E-state index contributed by atoms with van der Waals surface area (Å²) in [7, 11) is 0. The Kier molecular flexibility index (Phi) is 7.69. The molecule has 0 heterocycles. The zero-order valence-corrected chi connectivity index (χ0v) is 17.0. The average Bonchev–Trinajstić information content (AvgIpc) is 2.85. The van der Waals surface area contributed by atoms with Gasteiger partial charge >= 0.3 is 11.9 Å². The minimum atomic E-state index is -1.05. The molecule has 0 aliphatic rings. The van der Waals surface area contributed by atoms with E-state index in [1.807, 2.05) is 18.2 Å². The van der Waals surface area contributed by atoms with Gasteiger partial charge in [-0.15, -0.1) is 0 Å². The first-order chi connectivity index (χ1) is 15.5. The lowest BCUT2D eigenvalue weighted by atomic mass is 9.98. The molecule has 162 valence electrons. The Hall–Kier alpha value is -4.46. The second-order valence-corrected chi connectivity index (χ2v) is 6.73. The van der Waals surface area contributed by atoms with Crippen LogP contribution < -0.4 is 11.2 Å². The third kappa shape index (κ3) is 6.27. The quantitative estimate of drug-likeness (QED) is 0.257. The average molecular weight is 431 g/mol. The molecule has 8 nitrogen and oxygen atoms in total. The van der Waals surface area contributed by atoms with Crippen LogP contribution in [0.2, 0.25) is 0 Å². The van der Waals surface area contributed by atoms with E-state index in [-0.39, 0.29) is 23.4 Å². The third-order valence-corrected chi connectivity index (χ3v) is 4.45. The highest BCUT2D eigenvalue weighted by atomic mass is 16.7. The van der Waals surface area contributed by atoms with E-state index in [0.29, 0.717) is 0 Å².